The van der Waals surface area contributed by atoms with E-state index in [1.165, 1.54) is 97.3 Å². The smallest absolute Gasteiger partial charge is 0.193 e. The van der Waals surface area contributed by atoms with Crippen molar-refractivity contribution in [1.29, 1.82) is 5.26 Å². The summed E-state index contributed by atoms with van der Waals surface area (Å²) in [6.45, 7) is 4.48. The molecule has 0 amide bonds. The highest BCUT2D eigenvalue weighted by Gasteiger charge is 2.38. The molecule has 13 heterocycles. The SMILES string of the molecule is FC(F)(F)c1ccc2[n+](c1)Cc1c-2sc2ccccc12.N#Cc1ccc2[n+](c1)Cc1ccccc1-2.c1cc2c3c(c1)ccc1ccc[n+](c13)C2.c1cc[n+]2c(c1)-c1sc3ccccc3c1C2.c1cc[n+]2c(c1)-c1sccc1C2. The Labute approximate surface area is 459 Å². The predicted molar refractivity (Wildman–Crippen MR) is 304 cm³/mol. The second-order valence-corrected chi connectivity index (χ2v) is 22.8. The van der Waals surface area contributed by atoms with Crippen molar-refractivity contribution in [2.45, 2.75) is 38.9 Å². The molecule has 5 aliphatic heterocycles. The van der Waals surface area contributed by atoms with Crippen LogP contribution in [-0.4, -0.2) is 0 Å². The summed E-state index contributed by atoms with van der Waals surface area (Å²) in [5, 5.41) is 17.7. The Hall–Kier alpha value is -8.73. The van der Waals surface area contributed by atoms with Crippen molar-refractivity contribution >= 4 is 75.9 Å². The van der Waals surface area contributed by atoms with Crippen molar-refractivity contribution in [2.24, 2.45) is 0 Å². The Morgan fingerprint density at radius 2 is 1.01 bits per heavy atom. The van der Waals surface area contributed by atoms with Gasteiger partial charge in [-0.15, -0.1) is 34.0 Å². The van der Waals surface area contributed by atoms with Gasteiger partial charge in [0.1, 0.15) is 31.8 Å². The molecule has 374 valence electrons. The fraction of sp³-hybridized carbons (Fsp3) is 0.0909. The molecule has 0 saturated heterocycles. The fourth-order valence-corrected chi connectivity index (χ4v) is 15.0. The Kier molecular flexibility index (Phi) is 11.8. The van der Waals surface area contributed by atoms with Gasteiger partial charge in [0.2, 0.25) is 28.3 Å². The summed E-state index contributed by atoms with van der Waals surface area (Å²) in [5.74, 6) is 0. The van der Waals surface area contributed by atoms with Gasteiger partial charge in [-0.25, -0.2) is 0 Å². The average molecular weight is 1080 g/mol. The third-order valence-electron chi connectivity index (χ3n) is 15.2. The van der Waals surface area contributed by atoms with E-state index in [1.54, 1.807) is 22.0 Å². The quantitative estimate of drug-likeness (QED) is 0.110. The summed E-state index contributed by atoms with van der Waals surface area (Å²) in [6.07, 6.45) is 5.30. The van der Waals surface area contributed by atoms with Crippen LogP contribution in [0.5, 0.6) is 0 Å². The molecular weight excluding hydrogens is 1030 g/mol. The van der Waals surface area contributed by atoms with E-state index < -0.39 is 11.7 Å². The first-order chi connectivity index (χ1) is 38.2. The highest BCUT2D eigenvalue weighted by atomic mass is 32.1. The second-order valence-electron chi connectivity index (χ2n) is 19.8. The lowest BCUT2D eigenvalue weighted by Crippen LogP contribution is -2.33. The van der Waals surface area contributed by atoms with E-state index in [1.807, 2.05) is 71.3 Å². The van der Waals surface area contributed by atoms with Gasteiger partial charge in [-0.3, -0.25) is 0 Å². The molecule has 0 bridgehead atoms. The van der Waals surface area contributed by atoms with E-state index in [9.17, 15) is 13.2 Å². The predicted octanol–water partition coefficient (Wildman–Crippen LogP) is 14.0. The zero-order valence-electron chi connectivity index (χ0n) is 41.9. The molecule has 6 nitrogen and oxygen atoms in total. The molecule has 0 unspecified atom stereocenters. The molecule has 78 heavy (non-hydrogen) atoms. The van der Waals surface area contributed by atoms with Crippen molar-refractivity contribution < 1.29 is 36.0 Å². The molecule has 13 aromatic rings. The molecule has 0 atom stereocenters. The minimum atomic E-state index is -4.29. The Morgan fingerprint density at radius 1 is 0.436 bits per heavy atom. The first-order valence-electron chi connectivity index (χ1n) is 25.7. The Morgan fingerprint density at radius 3 is 1.77 bits per heavy atom. The maximum atomic E-state index is 12.8. The number of benzene rings is 5. The van der Waals surface area contributed by atoms with Gasteiger partial charge < -0.3 is 0 Å². The van der Waals surface area contributed by atoms with Crippen LogP contribution in [0, 0.1) is 11.3 Å². The van der Waals surface area contributed by atoms with Crippen molar-refractivity contribution in [1.82, 2.24) is 0 Å². The molecule has 8 aromatic heterocycles. The highest BCUT2D eigenvalue weighted by Crippen LogP contribution is 2.42. The van der Waals surface area contributed by atoms with E-state index in [0.29, 0.717) is 12.1 Å². The number of nitriles is 1. The lowest BCUT2D eigenvalue weighted by molar-refractivity contribution is -0.672. The van der Waals surface area contributed by atoms with Gasteiger partial charge in [-0.1, -0.05) is 78.9 Å². The van der Waals surface area contributed by atoms with Gasteiger partial charge in [0, 0.05) is 95.8 Å². The van der Waals surface area contributed by atoms with Crippen LogP contribution in [0.4, 0.5) is 13.2 Å². The van der Waals surface area contributed by atoms with Crippen LogP contribution in [0.3, 0.4) is 0 Å². The third-order valence-corrected chi connectivity index (χ3v) is 18.6. The van der Waals surface area contributed by atoms with Crippen LogP contribution >= 0.6 is 34.0 Å². The summed E-state index contributed by atoms with van der Waals surface area (Å²) in [7, 11) is 0. The molecule has 12 heteroatoms. The number of thiophene rings is 3. The molecule has 0 fully saturated rings. The van der Waals surface area contributed by atoms with Gasteiger partial charge >= 0.3 is 6.18 Å². The highest BCUT2D eigenvalue weighted by molar-refractivity contribution is 7.22. The van der Waals surface area contributed by atoms with Gasteiger partial charge in [0.25, 0.3) is 0 Å². The molecule has 0 spiro atoms. The van der Waals surface area contributed by atoms with Crippen LogP contribution in [0.1, 0.15) is 38.9 Å². The molecular formula is C66H46F3N6S3+5. The van der Waals surface area contributed by atoms with Crippen molar-refractivity contribution in [3.63, 3.8) is 0 Å². The summed E-state index contributed by atoms with van der Waals surface area (Å²) in [4.78, 5) is 3.97. The maximum Gasteiger partial charge on any atom is 0.422 e. The van der Waals surface area contributed by atoms with Gasteiger partial charge in [-0.2, -0.15) is 41.3 Å². The van der Waals surface area contributed by atoms with Crippen LogP contribution in [0.15, 0.2) is 218 Å². The number of hydrogen-bond acceptors (Lipinski definition) is 4. The summed E-state index contributed by atoms with van der Waals surface area (Å²) >= 11 is 5.38. The van der Waals surface area contributed by atoms with Crippen molar-refractivity contribution in [3.8, 4) is 49.0 Å². The number of nitrogens with zero attached hydrogens (tertiary/aromatic N) is 6. The van der Waals surface area contributed by atoms with E-state index in [4.69, 9.17) is 5.26 Å². The van der Waals surface area contributed by atoms with E-state index >= 15 is 0 Å². The van der Waals surface area contributed by atoms with Crippen LogP contribution in [-0.2, 0) is 38.9 Å². The maximum absolute atomic E-state index is 12.8. The van der Waals surface area contributed by atoms with Gasteiger partial charge in [-0.05, 0) is 71.4 Å². The second kappa shape index (κ2) is 19.4. The summed E-state index contributed by atoms with van der Waals surface area (Å²) < 4.78 is 51.6. The largest absolute Gasteiger partial charge is 0.422 e. The molecule has 5 aliphatic rings. The van der Waals surface area contributed by atoms with E-state index in [-0.39, 0.29) is 0 Å². The van der Waals surface area contributed by atoms with Crippen LogP contribution < -0.4 is 22.8 Å². The number of fused-ring (bicyclic) bond motifs is 16. The van der Waals surface area contributed by atoms with Gasteiger partial charge in [0.15, 0.2) is 63.7 Å². The molecule has 0 saturated carbocycles. The lowest BCUT2D eigenvalue weighted by atomic mass is 10.0. The molecule has 0 radical (unpaired) electrons. The minimum absolute atomic E-state index is 0.513. The standard InChI is InChI=1S/C15H9F3NS.C14H10NS.C14H10N.C13H9N2.C10H8NS/c16-15(17,18)9-5-6-12-14-11(8-19(12)7-9)10-3-1-2-4-13(10)20-14;1-2-7-13-10(5-1)11-9-15-8-4-3-6-12(15)14(11)16-13;1-3-10-6-7-11-5-2-8-15-9-12(4-1)13(10)14(11)15;14-7-10-5-6-13-12-4-2-1-3-11(12)9-15(13)8-10;1-2-5-11-7-8-4-6-12-10(8)9(11)3-1/h1-7H,8H2;1-8H,9H2;1-8H,9H2;1-6,8H,9H2;1-6H,7H2/q5*+1. The number of aromatic nitrogens is 5. The zero-order valence-corrected chi connectivity index (χ0v) is 44.3. The number of halogens is 3. The van der Waals surface area contributed by atoms with E-state index in [0.717, 1.165) is 53.8 Å². The monoisotopic (exact) mass is 1080 g/mol. The third kappa shape index (κ3) is 8.42. The van der Waals surface area contributed by atoms with Crippen LogP contribution in [0.25, 0.3) is 84.8 Å². The van der Waals surface area contributed by atoms with Crippen molar-refractivity contribution in [3.05, 3.63) is 257 Å². The number of alkyl halides is 3. The first kappa shape index (κ1) is 47.7. The van der Waals surface area contributed by atoms with Crippen LogP contribution in [0.2, 0.25) is 0 Å². The lowest BCUT2D eigenvalue weighted by Gasteiger charge is -2.04. The molecule has 18 rings (SSSR count). The topological polar surface area (TPSA) is 43.2 Å². The summed E-state index contributed by atoms with van der Waals surface area (Å²) in [6, 6.07) is 64.2. The molecule has 5 aromatic carbocycles. The minimum Gasteiger partial charge on any atom is -0.193 e. The average Bonchev–Trinajstić information content (AvgIpc) is 4.49. The van der Waals surface area contributed by atoms with E-state index in [2.05, 4.69) is 176 Å². The molecule has 0 N–H and O–H groups in total. The normalized spacial score (nSPS) is 12.8. The number of pyridine rings is 5. The van der Waals surface area contributed by atoms with Gasteiger partial charge in [0.05, 0.1) is 10.9 Å². The molecule has 0 aliphatic carbocycles. The van der Waals surface area contributed by atoms with Crippen molar-refractivity contribution in [2.75, 3.05) is 0 Å². The number of hydrogen-bond donors (Lipinski definition) is 0. The number of rotatable bonds is 0. The zero-order chi connectivity index (χ0) is 52.5. The Bertz CT molecular complexity index is 4520. The Balaban J connectivity index is 0.0000000892. The summed E-state index contributed by atoms with van der Waals surface area (Å²) in [5.41, 5.74) is 14.4. The first-order valence-corrected chi connectivity index (χ1v) is 28.3. The fourth-order valence-electron chi connectivity index (χ4n) is 11.6.